The smallest absolute Gasteiger partial charge is 0.0935 e. The Morgan fingerprint density at radius 2 is 2.15 bits per heavy atom. The molecule has 0 saturated carbocycles. The van der Waals surface area contributed by atoms with Gasteiger partial charge in [-0.3, -0.25) is 0 Å². The predicted octanol–water partition coefficient (Wildman–Crippen LogP) is 2.62. The molecule has 0 spiro atoms. The molecule has 1 unspecified atom stereocenters. The van der Waals surface area contributed by atoms with Gasteiger partial charge in [0.1, 0.15) is 0 Å². The Balaban J connectivity index is 2.38. The Kier molecular flexibility index (Phi) is 3.15. The molecule has 1 N–H and O–H groups in total. The summed E-state index contributed by atoms with van der Waals surface area (Å²) in [6, 6.07) is 1.89. The topological polar surface area (TPSA) is 33.4 Å². The molecule has 1 aromatic heterocycles. The maximum absolute atomic E-state index is 9.71. The van der Waals surface area contributed by atoms with Crippen molar-refractivity contribution in [2.75, 3.05) is 0 Å². The van der Waals surface area contributed by atoms with Gasteiger partial charge >= 0.3 is 0 Å². The number of hydrogen-bond donors (Lipinski definition) is 1. The summed E-state index contributed by atoms with van der Waals surface area (Å²) in [4.78, 5) is 0. The minimum atomic E-state index is -0.266. The first kappa shape index (κ1) is 10.3. The molecule has 0 amide bonds. The van der Waals surface area contributed by atoms with Gasteiger partial charge in [-0.15, -0.1) is 0 Å². The Morgan fingerprint density at radius 3 is 2.62 bits per heavy atom. The summed E-state index contributed by atoms with van der Waals surface area (Å²) < 4.78 is 4.93. The van der Waals surface area contributed by atoms with Gasteiger partial charge in [0.05, 0.1) is 18.6 Å². The van der Waals surface area contributed by atoms with Gasteiger partial charge in [-0.05, 0) is 23.5 Å². The lowest BCUT2D eigenvalue weighted by molar-refractivity contribution is 0.121. The van der Waals surface area contributed by atoms with Crippen LogP contribution >= 0.6 is 0 Å². The molecule has 1 aromatic rings. The van der Waals surface area contributed by atoms with Crippen molar-refractivity contribution >= 4 is 0 Å². The van der Waals surface area contributed by atoms with Gasteiger partial charge in [0.25, 0.3) is 0 Å². The van der Waals surface area contributed by atoms with Gasteiger partial charge in [-0.25, -0.2) is 0 Å². The normalized spacial score (nSPS) is 14.5. The average molecular weight is 182 g/mol. The van der Waals surface area contributed by atoms with E-state index in [1.807, 2.05) is 6.07 Å². The highest BCUT2D eigenvalue weighted by atomic mass is 16.3. The monoisotopic (exact) mass is 182 g/mol. The highest BCUT2D eigenvalue weighted by Crippen LogP contribution is 2.22. The van der Waals surface area contributed by atoms with Crippen molar-refractivity contribution in [3.8, 4) is 0 Å². The molecule has 0 fully saturated rings. The lowest BCUT2D eigenvalue weighted by Gasteiger charge is -2.21. The summed E-state index contributed by atoms with van der Waals surface area (Å²) in [5.74, 6) is 0. The molecule has 0 aliphatic carbocycles. The molecule has 0 aromatic carbocycles. The molecular formula is C11H18O2. The van der Waals surface area contributed by atoms with Crippen molar-refractivity contribution in [3.05, 3.63) is 24.2 Å². The fraction of sp³-hybridized carbons (Fsp3) is 0.636. The van der Waals surface area contributed by atoms with Gasteiger partial charge in [0.15, 0.2) is 0 Å². The van der Waals surface area contributed by atoms with Crippen LogP contribution < -0.4 is 0 Å². The van der Waals surface area contributed by atoms with Crippen LogP contribution in [0.4, 0.5) is 0 Å². The van der Waals surface area contributed by atoms with Crippen LogP contribution in [-0.2, 0) is 6.42 Å². The fourth-order valence-corrected chi connectivity index (χ4v) is 1.46. The molecule has 74 valence electrons. The molecule has 1 heterocycles. The summed E-state index contributed by atoms with van der Waals surface area (Å²) in [6.45, 7) is 6.39. The van der Waals surface area contributed by atoms with Gasteiger partial charge < -0.3 is 9.52 Å². The molecule has 0 radical (unpaired) electrons. The van der Waals surface area contributed by atoms with Crippen LogP contribution in [0.5, 0.6) is 0 Å². The maximum Gasteiger partial charge on any atom is 0.0935 e. The van der Waals surface area contributed by atoms with Crippen LogP contribution in [0, 0.1) is 5.41 Å². The zero-order valence-electron chi connectivity index (χ0n) is 8.58. The van der Waals surface area contributed by atoms with E-state index in [1.165, 1.54) is 0 Å². The summed E-state index contributed by atoms with van der Waals surface area (Å²) >= 11 is 0. The quantitative estimate of drug-likeness (QED) is 0.779. The highest BCUT2D eigenvalue weighted by molar-refractivity contribution is 5.06. The number of hydrogen-bond acceptors (Lipinski definition) is 2. The molecule has 13 heavy (non-hydrogen) atoms. The third-order valence-corrected chi connectivity index (χ3v) is 1.90. The Bertz CT molecular complexity index is 231. The summed E-state index contributed by atoms with van der Waals surface area (Å²) in [6.07, 6.45) is 4.56. The first-order valence-corrected chi connectivity index (χ1v) is 4.66. The van der Waals surface area contributed by atoms with Gasteiger partial charge in [0, 0.05) is 6.42 Å². The second-order valence-electron chi connectivity index (χ2n) is 4.75. The van der Waals surface area contributed by atoms with Crippen molar-refractivity contribution in [3.63, 3.8) is 0 Å². The highest BCUT2D eigenvalue weighted by Gasteiger charge is 2.16. The van der Waals surface area contributed by atoms with E-state index in [9.17, 15) is 5.11 Å². The maximum atomic E-state index is 9.71. The molecule has 1 rings (SSSR count). The van der Waals surface area contributed by atoms with Crippen LogP contribution in [-0.4, -0.2) is 11.2 Å². The van der Waals surface area contributed by atoms with Crippen molar-refractivity contribution in [1.82, 2.24) is 0 Å². The van der Waals surface area contributed by atoms with Gasteiger partial charge in [-0.1, -0.05) is 20.8 Å². The molecule has 0 aliphatic heterocycles. The SMILES string of the molecule is CC(C)(C)CC(O)Cc1ccoc1. The van der Waals surface area contributed by atoms with Crippen molar-refractivity contribution in [2.24, 2.45) is 5.41 Å². The van der Waals surface area contributed by atoms with Crippen molar-refractivity contribution < 1.29 is 9.52 Å². The third-order valence-electron chi connectivity index (χ3n) is 1.90. The summed E-state index contributed by atoms with van der Waals surface area (Å²) in [5.41, 5.74) is 1.25. The van der Waals surface area contributed by atoms with E-state index in [4.69, 9.17) is 4.42 Å². The summed E-state index contributed by atoms with van der Waals surface area (Å²) in [7, 11) is 0. The Morgan fingerprint density at radius 1 is 1.46 bits per heavy atom. The van der Waals surface area contributed by atoms with E-state index in [0.29, 0.717) is 6.42 Å². The molecule has 2 nitrogen and oxygen atoms in total. The minimum absolute atomic E-state index is 0.184. The first-order chi connectivity index (χ1) is 5.97. The van der Waals surface area contributed by atoms with E-state index in [0.717, 1.165) is 12.0 Å². The first-order valence-electron chi connectivity index (χ1n) is 4.66. The standard InChI is InChI=1S/C11H18O2/c1-11(2,3)7-10(12)6-9-4-5-13-8-9/h4-5,8,10,12H,6-7H2,1-3H3. The summed E-state index contributed by atoms with van der Waals surface area (Å²) in [5, 5.41) is 9.71. The van der Waals surface area contributed by atoms with E-state index in [-0.39, 0.29) is 11.5 Å². The van der Waals surface area contributed by atoms with Gasteiger partial charge in [-0.2, -0.15) is 0 Å². The zero-order chi connectivity index (χ0) is 9.90. The van der Waals surface area contributed by atoms with Crippen molar-refractivity contribution in [1.29, 1.82) is 0 Å². The van der Waals surface area contributed by atoms with E-state index >= 15 is 0 Å². The van der Waals surface area contributed by atoms with Crippen LogP contribution in [0.15, 0.2) is 23.0 Å². The Labute approximate surface area is 79.6 Å². The average Bonchev–Trinajstić information content (AvgIpc) is 2.34. The molecular weight excluding hydrogens is 164 g/mol. The lowest BCUT2D eigenvalue weighted by atomic mass is 9.87. The van der Waals surface area contributed by atoms with Crippen LogP contribution in [0.25, 0.3) is 0 Å². The molecule has 1 atom stereocenters. The fourth-order valence-electron chi connectivity index (χ4n) is 1.46. The predicted molar refractivity (Wildman–Crippen MR) is 52.5 cm³/mol. The number of aliphatic hydroxyl groups excluding tert-OH is 1. The van der Waals surface area contributed by atoms with E-state index in [1.54, 1.807) is 12.5 Å². The van der Waals surface area contributed by atoms with E-state index in [2.05, 4.69) is 20.8 Å². The molecule has 0 aliphatic rings. The Hall–Kier alpha value is -0.760. The number of furan rings is 1. The molecule has 2 heteroatoms. The van der Waals surface area contributed by atoms with Crippen LogP contribution in [0.3, 0.4) is 0 Å². The minimum Gasteiger partial charge on any atom is -0.472 e. The number of rotatable bonds is 3. The zero-order valence-corrected chi connectivity index (χ0v) is 8.58. The second-order valence-corrected chi connectivity index (χ2v) is 4.75. The molecule has 0 bridgehead atoms. The second kappa shape index (κ2) is 3.97. The van der Waals surface area contributed by atoms with Crippen LogP contribution in [0.2, 0.25) is 0 Å². The van der Waals surface area contributed by atoms with Crippen LogP contribution in [0.1, 0.15) is 32.8 Å². The van der Waals surface area contributed by atoms with Gasteiger partial charge in [0.2, 0.25) is 0 Å². The largest absolute Gasteiger partial charge is 0.472 e. The molecule has 0 saturated heterocycles. The number of aliphatic hydroxyl groups is 1. The van der Waals surface area contributed by atoms with E-state index < -0.39 is 0 Å². The van der Waals surface area contributed by atoms with Crippen molar-refractivity contribution in [2.45, 2.75) is 39.7 Å². The third kappa shape index (κ3) is 4.13. The lowest BCUT2D eigenvalue weighted by Crippen LogP contribution is -2.19.